The number of methoxy groups -OCH3 is 2. The minimum Gasteiger partial charge on any atom is -0.495 e. The van der Waals surface area contributed by atoms with Gasteiger partial charge in [0.2, 0.25) is 0 Å². The number of nitrogens with zero attached hydrogens (tertiary/aromatic N) is 4. The Morgan fingerprint density at radius 1 is 1.26 bits per heavy atom. The number of aromatic nitrogens is 3. The molecule has 3 heterocycles. The molecule has 1 unspecified atom stereocenters. The molecule has 1 aliphatic heterocycles. The lowest BCUT2D eigenvalue weighted by Gasteiger charge is -2.31. The zero-order chi connectivity index (χ0) is 27.0. The Labute approximate surface area is 218 Å². The van der Waals surface area contributed by atoms with Crippen LogP contribution in [0.3, 0.4) is 0 Å². The van der Waals surface area contributed by atoms with Crippen LogP contribution in [0.4, 0.5) is 9.18 Å². The second-order valence-electron chi connectivity index (χ2n) is 9.37. The number of fused-ring (bicyclic) bond motifs is 3. The molecule has 2 N–H and O–H groups in total. The van der Waals surface area contributed by atoms with Crippen molar-refractivity contribution in [1.29, 1.82) is 0 Å². The number of carbonyl (C=O) groups excluding carboxylic acids is 1. The van der Waals surface area contributed by atoms with Gasteiger partial charge in [-0.05, 0) is 36.2 Å². The van der Waals surface area contributed by atoms with Crippen LogP contribution in [-0.2, 0) is 24.8 Å². The third kappa shape index (κ3) is 4.43. The monoisotopic (exact) mass is 523 g/mol. The summed E-state index contributed by atoms with van der Waals surface area (Å²) in [5.41, 5.74) is 4.80. The lowest BCUT2D eigenvalue weighted by atomic mass is 9.97. The van der Waals surface area contributed by atoms with Crippen LogP contribution in [0.25, 0.3) is 33.5 Å². The summed E-state index contributed by atoms with van der Waals surface area (Å²) in [7, 11) is 5.26. The normalized spacial score (nSPS) is 14.2. The highest BCUT2D eigenvalue weighted by Crippen LogP contribution is 2.35. The van der Waals surface area contributed by atoms with E-state index < -0.39 is 18.8 Å². The van der Waals surface area contributed by atoms with Crippen LogP contribution in [0.15, 0.2) is 36.4 Å². The molecule has 0 aliphatic carbocycles. The number of nitrogens with one attached hydrogen (secondary N) is 1. The van der Waals surface area contributed by atoms with Crippen molar-refractivity contribution in [3.8, 4) is 17.3 Å². The summed E-state index contributed by atoms with van der Waals surface area (Å²) in [5.74, 6) is 1.24. The first-order valence-electron chi connectivity index (χ1n) is 12.4. The van der Waals surface area contributed by atoms with Crippen molar-refractivity contribution in [2.24, 2.45) is 7.05 Å². The van der Waals surface area contributed by atoms with Crippen LogP contribution in [0, 0.1) is 0 Å². The summed E-state index contributed by atoms with van der Waals surface area (Å²) in [6, 6.07) is 10.8. The average Bonchev–Trinajstić information content (AvgIpc) is 3.44. The molecule has 0 spiro atoms. The van der Waals surface area contributed by atoms with Gasteiger partial charge in [0, 0.05) is 44.7 Å². The Hall–Kier alpha value is -4.12. The summed E-state index contributed by atoms with van der Waals surface area (Å²) in [6.07, 6.45) is -0.740. The van der Waals surface area contributed by atoms with Crippen molar-refractivity contribution in [1.82, 2.24) is 24.3 Å². The number of carbonyl (C=O) groups is 2. The van der Waals surface area contributed by atoms with E-state index in [0.717, 1.165) is 39.3 Å². The predicted octanol–water partition coefficient (Wildman–Crippen LogP) is 3.45. The first-order chi connectivity index (χ1) is 18.4. The molecule has 0 saturated carbocycles. The second kappa shape index (κ2) is 10.3. The molecule has 2 aromatic heterocycles. The fourth-order valence-electron chi connectivity index (χ4n) is 5.25. The van der Waals surface area contributed by atoms with Crippen molar-refractivity contribution in [2.45, 2.75) is 19.0 Å². The number of aryl methyl sites for hydroxylation is 1. The van der Waals surface area contributed by atoms with Gasteiger partial charge < -0.3 is 33.9 Å². The Bertz CT molecular complexity index is 1530. The Kier molecular flexibility index (Phi) is 6.94. The number of para-hydroxylation sites is 1. The molecule has 0 radical (unpaired) electrons. The van der Waals surface area contributed by atoms with E-state index in [9.17, 15) is 14.0 Å². The van der Waals surface area contributed by atoms with E-state index in [1.54, 1.807) is 20.3 Å². The second-order valence-corrected chi connectivity index (χ2v) is 9.37. The molecule has 0 bridgehead atoms. The van der Waals surface area contributed by atoms with E-state index in [4.69, 9.17) is 19.6 Å². The lowest BCUT2D eigenvalue weighted by Crippen LogP contribution is -2.48. The third-order valence-corrected chi connectivity index (χ3v) is 7.08. The summed E-state index contributed by atoms with van der Waals surface area (Å²) < 4.78 is 28.5. The van der Waals surface area contributed by atoms with Crippen LogP contribution in [0.2, 0.25) is 0 Å². The summed E-state index contributed by atoms with van der Waals surface area (Å²) >= 11 is 0. The zero-order valence-electron chi connectivity index (χ0n) is 21.5. The van der Waals surface area contributed by atoms with Crippen LogP contribution >= 0.6 is 0 Å². The summed E-state index contributed by atoms with van der Waals surface area (Å²) in [5, 5.41) is 12.1. The van der Waals surface area contributed by atoms with Gasteiger partial charge in [0.25, 0.3) is 5.91 Å². The SMILES string of the molecule is COCCn1c(-c2nc3cc4c(cc3n2C)CCN(CC(CF)NC(=O)O)C4=O)cc2cccc(OC)c21. The number of hydrogen-bond donors (Lipinski definition) is 2. The van der Waals surface area contributed by atoms with Gasteiger partial charge in [-0.15, -0.1) is 0 Å². The van der Waals surface area contributed by atoms with Crippen molar-refractivity contribution < 1.29 is 28.6 Å². The molecular formula is C27H30FN5O5. The molecule has 2 amide bonds. The molecule has 1 atom stereocenters. The van der Waals surface area contributed by atoms with E-state index in [1.807, 2.05) is 35.9 Å². The maximum Gasteiger partial charge on any atom is 0.405 e. The fourth-order valence-corrected chi connectivity index (χ4v) is 5.25. The highest BCUT2D eigenvalue weighted by molar-refractivity contribution is 6.01. The van der Waals surface area contributed by atoms with Crippen LogP contribution < -0.4 is 10.1 Å². The van der Waals surface area contributed by atoms with Gasteiger partial charge in [-0.3, -0.25) is 4.79 Å². The van der Waals surface area contributed by atoms with Gasteiger partial charge in [0.05, 0.1) is 42.0 Å². The van der Waals surface area contributed by atoms with Gasteiger partial charge in [0.1, 0.15) is 12.4 Å². The fraction of sp³-hybridized carbons (Fsp3) is 0.370. The third-order valence-electron chi connectivity index (χ3n) is 7.08. The van der Waals surface area contributed by atoms with Gasteiger partial charge >= 0.3 is 6.09 Å². The molecule has 0 fully saturated rings. The molecule has 5 rings (SSSR count). The zero-order valence-corrected chi connectivity index (χ0v) is 21.5. The Balaban J connectivity index is 1.56. The summed E-state index contributed by atoms with van der Waals surface area (Å²) in [4.78, 5) is 30.7. The number of rotatable bonds is 9. The number of hydrogen-bond acceptors (Lipinski definition) is 5. The summed E-state index contributed by atoms with van der Waals surface area (Å²) in [6.45, 7) is 0.559. The standard InChI is InChI=1S/C27H30FN5O5/c1-31-21-11-16-7-8-32(15-18(14-28)29-27(35)36)26(34)19(16)13-20(21)30-25(31)22-12-17-5-4-6-23(38-3)24(17)33(22)9-10-37-2/h4-6,11-13,18,29H,7-10,14-15H2,1-3H3,(H,35,36). The number of alkyl halides is 1. The topological polar surface area (TPSA) is 111 Å². The number of imidazole rings is 1. The number of carboxylic acid groups (broad SMARTS) is 1. The lowest BCUT2D eigenvalue weighted by molar-refractivity contribution is 0.0714. The van der Waals surface area contributed by atoms with Crippen molar-refractivity contribution in [2.75, 3.05) is 40.6 Å². The molecule has 2 aromatic carbocycles. The van der Waals surface area contributed by atoms with Crippen molar-refractivity contribution in [3.63, 3.8) is 0 Å². The molecule has 11 heteroatoms. The van der Waals surface area contributed by atoms with Gasteiger partial charge in [0.15, 0.2) is 5.82 Å². The van der Waals surface area contributed by atoms with Gasteiger partial charge in [-0.2, -0.15) is 0 Å². The van der Waals surface area contributed by atoms with E-state index in [2.05, 4.69) is 16.0 Å². The van der Waals surface area contributed by atoms with Crippen molar-refractivity contribution >= 4 is 33.9 Å². The maximum absolute atomic E-state index is 13.4. The molecular weight excluding hydrogens is 493 g/mol. The Morgan fingerprint density at radius 2 is 2.08 bits per heavy atom. The first kappa shape index (κ1) is 25.5. The molecule has 1 aliphatic rings. The first-order valence-corrected chi connectivity index (χ1v) is 12.4. The van der Waals surface area contributed by atoms with Crippen molar-refractivity contribution in [3.05, 3.63) is 47.5 Å². The van der Waals surface area contributed by atoms with Gasteiger partial charge in [-0.25, -0.2) is 14.2 Å². The number of ether oxygens (including phenoxy) is 2. The predicted molar refractivity (Wildman–Crippen MR) is 141 cm³/mol. The highest BCUT2D eigenvalue weighted by Gasteiger charge is 2.29. The van der Waals surface area contributed by atoms with E-state index in [-0.39, 0.29) is 12.5 Å². The molecule has 10 nitrogen and oxygen atoms in total. The highest BCUT2D eigenvalue weighted by atomic mass is 19.1. The smallest absolute Gasteiger partial charge is 0.405 e. The number of amides is 2. The van der Waals surface area contributed by atoms with E-state index >= 15 is 0 Å². The molecule has 200 valence electrons. The molecule has 4 aromatic rings. The van der Waals surface area contributed by atoms with Crippen LogP contribution in [0.5, 0.6) is 5.75 Å². The minimum absolute atomic E-state index is 0.0337. The van der Waals surface area contributed by atoms with E-state index in [1.165, 1.54) is 4.90 Å². The number of halogens is 1. The van der Waals surface area contributed by atoms with Crippen LogP contribution in [0.1, 0.15) is 15.9 Å². The average molecular weight is 524 g/mol. The van der Waals surface area contributed by atoms with Gasteiger partial charge in [-0.1, -0.05) is 12.1 Å². The number of benzene rings is 2. The maximum atomic E-state index is 13.4. The van der Waals surface area contributed by atoms with E-state index in [0.29, 0.717) is 37.2 Å². The molecule has 38 heavy (non-hydrogen) atoms. The quantitative estimate of drug-likeness (QED) is 0.348. The largest absolute Gasteiger partial charge is 0.495 e. The van der Waals surface area contributed by atoms with Crippen LogP contribution in [-0.4, -0.2) is 82.8 Å². The Morgan fingerprint density at radius 3 is 2.79 bits per heavy atom. The minimum atomic E-state index is -1.32. The molecule has 0 saturated heterocycles.